The first-order valence-corrected chi connectivity index (χ1v) is 9.25. The van der Waals surface area contributed by atoms with E-state index in [2.05, 4.69) is 17.2 Å². The Balaban J connectivity index is 1.45. The summed E-state index contributed by atoms with van der Waals surface area (Å²) in [6, 6.07) is 12.6. The van der Waals surface area contributed by atoms with E-state index in [-0.39, 0.29) is 30.2 Å². The van der Waals surface area contributed by atoms with E-state index in [1.54, 1.807) is 18.2 Å². The molecule has 0 atom stereocenters. The Morgan fingerprint density at radius 2 is 1.82 bits per heavy atom. The van der Waals surface area contributed by atoms with Crippen LogP contribution in [0.3, 0.4) is 0 Å². The third kappa shape index (κ3) is 3.41. The number of aryl methyl sites for hydroxylation is 1. The molecule has 0 unspecified atom stereocenters. The van der Waals surface area contributed by atoms with Crippen LogP contribution < -0.4 is 10.6 Å². The standard InChI is InChI=1S/C22H21N3O3/c1-13-7-10-16(23-21(27)15-8-9-15)11-19(13)24-20(26)12-25-14(2)17-5-3-4-6-18(17)22(25)28/h3-7,10-11,15H,2,8-9,12H2,1H3,(H,23,27)(H,24,26). The molecule has 2 N–H and O–H groups in total. The molecule has 0 bridgehead atoms. The van der Waals surface area contributed by atoms with E-state index >= 15 is 0 Å². The Bertz CT molecular complexity index is 973. The van der Waals surface area contributed by atoms with Gasteiger partial charge in [0.05, 0.1) is 0 Å². The first-order valence-electron chi connectivity index (χ1n) is 9.25. The maximum Gasteiger partial charge on any atom is 0.259 e. The van der Waals surface area contributed by atoms with Gasteiger partial charge >= 0.3 is 0 Å². The number of anilines is 2. The Kier molecular flexibility index (Phi) is 4.47. The van der Waals surface area contributed by atoms with Crippen molar-refractivity contribution in [2.45, 2.75) is 19.8 Å². The van der Waals surface area contributed by atoms with Crippen molar-refractivity contribution in [3.8, 4) is 0 Å². The lowest BCUT2D eigenvalue weighted by Crippen LogP contribution is -2.32. The molecule has 2 aromatic rings. The largest absolute Gasteiger partial charge is 0.326 e. The molecule has 28 heavy (non-hydrogen) atoms. The predicted molar refractivity (Wildman–Crippen MR) is 108 cm³/mol. The lowest BCUT2D eigenvalue weighted by Gasteiger charge is -2.18. The van der Waals surface area contributed by atoms with Gasteiger partial charge < -0.3 is 10.6 Å². The van der Waals surface area contributed by atoms with Crippen LogP contribution in [-0.4, -0.2) is 29.2 Å². The van der Waals surface area contributed by atoms with E-state index in [0.29, 0.717) is 22.6 Å². The van der Waals surface area contributed by atoms with Crippen molar-refractivity contribution in [3.05, 3.63) is 65.7 Å². The fourth-order valence-electron chi connectivity index (χ4n) is 3.26. The van der Waals surface area contributed by atoms with Gasteiger partial charge in [0, 0.05) is 34.1 Å². The first-order chi connectivity index (χ1) is 13.4. The van der Waals surface area contributed by atoms with Gasteiger partial charge in [-0.3, -0.25) is 19.3 Å². The highest BCUT2D eigenvalue weighted by Crippen LogP contribution is 2.32. The van der Waals surface area contributed by atoms with Gasteiger partial charge in [-0.2, -0.15) is 0 Å². The molecule has 4 rings (SSSR count). The Hall–Kier alpha value is -3.41. The van der Waals surface area contributed by atoms with Crippen LogP contribution in [0.5, 0.6) is 0 Å². The van der Waals surface area contributed by atoms with Crippen molar-refractivity contribution in [2.75, 3.05) is 17.2 Å². The number of fused-ring (bicyclic) bond motifs is 1. The summed E-state index contributed by atoms with van der Waals surface area (Å²) in [6.07, 6.45) is 1.86. The number of carbonyl (C=O) groups is 3. The summed E-state index contributed by atoms with van der Waals surface area (Å²) in [5.74, 6) is -0.431. The van der Waals surface area contributed by atoms with Crippen LogP contribution in [0.2, 0.25) is 0 Å². The lowest BCUT2D eigenvalue weighted by atomic mass is 10.1. The zero-order chi connectivity index (χ0) is 19.8. The van der Waals surface area contributed by atoms with Gasteiger partial charge in [-0.15, -0.1) is 0 Å². The highest BCUT2D eigenvalue weighted by molar-refractivity contribution is 6.11. The summed E-state index contributed by atoms with van der Waals surface area (Å²) in [5, 5.41) is 5.71. The molecule has 142 valence electrons. The van der Waals surface area contributed by atoms with Crippen molar-refractivity contribution in [1.29, 1.82) is 0 Å². The van der Waals surface area contributed by atoms with Gasteiger partial charge in [-0.25, -0.2) is 0 Å². The molecule has 1 aliphatic carbocycles. The number of amides is 3. The minimum atomic E-state index is -0.323. The summed E-state index contributed by atoms with van der Waals surface area (Å²) in [7, 11) is 0. The van der Waals surface area contributed by atoms with Crippen LogP contribution in [0.25, 0.3) is 5.70 Å². The molecule has 6 heteroatoms. The van der Waals surface area contributed by atoms with E-state index in [1.165, 1.54) is 4.90 Å². The number of nitrogens with one attached hydrogen (secondary N) is 2. The number of benzene rings is 2. The summed E-state index contributed by atoms with van der Waals surface area (Å²) in [5.41, 5.74) is 3.95. The summed E-state index contributed by atoms with van der Waals surface area (Å²) >= 11 is 0. The molecule has 3 amide bonds. The molecule has 6 nitrogen and oxygen atoms in total. The molecule has 2 aromatic carbocycles. The average Bonchev–Trinajstić information content (AvgIpc) is 3.50. The van der Waals surface area contributed by atoms with Crippen molar-refractivity contribution in [1.82, 2.24) is 4.90 Å². The average molecular weight is 375 g/mol. The van der Waals surface area contributed by atoms with Crippen molar-refractivity contribution in [2.24, 2.45) is 5.92 Å². The van der Waals surface area contributed by atoms with Crippen LogP contribution in [-0.2, 0) is 9.59 Å². The van der Waals surface area contributed by atoms with Gasteiger partial charge in [0.1, 0.15) is 6.54 Å². The molecule has 0 spiro atoms. The zero-order valence-electron chi connectivity index (χ0n) is 15.6. The van der Waals surface area contributed by atoms with Gasteiger partial charge in [0.25, 0.3) is 5.91 Å². The molecular formula is C22H21N3O3. The number of carbonyl (C=O) groups excluding carboxylic acids is 3. The fraction of sp³-hybridized carbons (Fsp3) is 0.227. The summed E-state index contributed by atoms with van der Waals surface area (Å²) < 4.78 is 0. The Morgan fingerprint density at radius 3 is 2.50 bits per heavy atom. The van der Waals surface area contributed by atoms with Gasteiger partial charge in [0.2, 0.25) is 11.8 Å². The monoisotopic (exact) mass is 375 g/mol. The molecule has 2 aliphatic rings. The topological polar surface area (TPSA) is 78.5 Å². The van der Waals surface area contributed by atoms with Crippen LogP contribution in [0.1, 0.15) is 34.3 Å². The molecule has 0 saturated heterocycles. The predicted octanol–water partition coefficient (Wildman–Crippen LogP) is 3.41. The highest BCUT2D eigenvalue weighted by atomic mass is 16.2. The second-order valence-corrected chi connectivity index (χ2v) is 7.22. The van der Waals surface area contributed by atoms with Crippen molar-refractivity contribution < 1.29 is 14.4 Å². The van der Waals surface area contributed by atoms with Crippen LogP contribution in [0, 0.1) is 12.8 Å². The van der Waals surface area contributed by atoms with E-state index in [0.717, 1.165) is 24.0 Å². The Labute approximate surface area is 163 Å². The lowest BCUT2D eigenvalue weighted by molar-refractivity contribution is -0.117. The molecule has 0 aromatic heterocycles. The van der Waals surface area contributed by atoms with Crippen molar-refractivity contribution in [3.63, 3.8) is 0 Å². The number of hydrogen-bond donors (Lipinski definition) is 2. The molecule has 0 radical (unpaired) electrons. The van der Waals surface area contributed by atoms with Gasteiger partial charge in [0.15, 0.2) is 0 Å². The smallest absolute Gasteiger partial charge is 0.259 e. The van der Waals surface area contributed by atoms with E-state index in [1.807, 2.05) is 31.2 Å². The maximum atomic E-state index is 12.6. The highest BCUT2D eigenvalue weighted by Gasteiger charge is 2.32. The quantitative estimate of drug-likeness (QED) is 0.841. The maximum absolute atomic E-state index is 12.6. The van der Waals surface area contributed by atoms with Crippen LogP contribution in [0.4, 0.5) is 11.4 Å². The molecule has 1 heterocycles. The van der Waals surface area contributed by atoms with Crippen LogP contribution in [0.15, 0.2) is 49.0 Å². The minimum absolute atomic E-state index is 0.0119. The number of rotatable bonds is 5. The fourth-order valence-corrected chi connectivity index (χ4v) is 3.26. The van der Waals surface area contributed by atoms with E-state index < -0.39 is 0 Å². The summed E-state index contributed by atoms with van der Waals surface area (Å²) in [4.78, 5) is 38.5. The Morgan fingerprint density at radius 1 is 1.11 bits per heavy atom. The zero-order valence-corrected chi connectivity index (χ0v) is 15.6. The van der Waals surface area contributed by atoms with E-state index in [9.17, 15) is 14.4 Å². The van der Waals surface area contributed by atoms with E-state index in [4.69, 9.17) is 0 Å². The minimum Gasteiger partial charge on any atom is -0.326 e. The second kappa shape index (κ2) is 6.96. The van der Waals surface area contributed by atoms with Gasteiger partial charge in [-0.1, -0.05) is 30.8 Å². The number of hydrogen-bond acceptors (Lipinski definition) is 3. The second-order valence-electron chi connectivity index (χ2n) is 7.22. The SMILES string of the molecule is C=C1c2ccccc2C(=O)N1CC(=O)Nc1cc(NC(=O)C2CC2)ccc1C. The third-order valence-corrected chi connectivity index (χ3v) is 5.07. The molecular weight excluding hydrogens is 354 g/mol. The molecule has 1 aliphatic heterocycles. The first kappa shape index (κ1) is 18.0. The third-order valence-electron chi connectivity index (χ3n) is 5.07. The van der Waals surface area contributed by atoms with Crippen molar-refractivity contribution >= 4 is 34.8 Å². The molecule has 1 fully saturated rings. The number of nitrogens with zero attached hydrogens (tertiary/aromatic N) is 1. The van der Waals surface area contributed by atoms with Crippen LogP contribution >= 0.6 is 0 Å². The summed E-state index contributed by atoms with van der Waals surface area (Å²) in [6.45, 7) is 5.70. The molecule has 1 saturated carbocycles. The normalized spacial score (nSPS) is 15.4. The van der Waals surface area contributed by atoms with Gasteiger partial charge in [-0.05, 0) is 43.5 Å².